The Morgan fingerprint density at radius 1 is 1.00 bits per heavy atom. The Morgan fingerprint density at radius 2 is 1.61 bits per heavy atom. The van der Waals surface area contributed by atoms with E-state index in [1.54, 1.807) is 13.0 Å². The zero-order chi connectivity index (χ0) is 25.4. The minimum atomic E-state index is -0.721. The van der Waals surface area contributed by atoms with Crippen molar-refractivity contribution in [2.45, 2.75) is 57.9 Å². The number of benzene rings is 2. The predicted octanol–water partition coefficient (Wildman–Crippen LogP) is 5.31. The maximum atomic E-state index is 13.5. The van der Waals surface area contributed by atoms with Gasteiger partial charge in [0.15, 0.2) is 17.3 Å². The Hall–Kier alpha value is -3.94. The fourth-order valence-corrected chi connectivity index (χ4v) is 5.69. The Morgan fingerprint density at radius 3 is 2.17 bits per heavy atom. The highest BCUT2D eigenvalue weighted by molar-refractivity contribution is 6.06. The fourth-order valence-electron chi connectivity index (χ4n) is 5.69. The highest BCUT2D eigenvalue weighted by atomic mass is 16.6. The number of ketones is 2. The van der Waals surface area contributed by atoms with E-state index in [1.165, 1.54) is 6.07 Å². The van der Waals surface area contributed by atoms with E-state index in [0.29, 0.717) is 61.8 Å². The first-order valence-electron chi connectivity index (χ1n) is 12.4. The van der Waals surface area contributed by atoms with Gasteiger partial charge in [-0.05, 0) is 49.8 Å². The summed E-state index contributed by atoms with van der Waals surface area (Å²) in [5.41, 5.74) is 3.85. The van der Waals surface area contributed by atoms with Gasteiger partial charge in [-0.1, -0.05) is 30.3 Å². The number of carbonyl (C=O) groups excluding carboxylic acids is 2. The van der Waals surface area contributed by atoms with Gasteiger partial charge in [-0.3, -0.25) is 19.7 Å². The quantitative estimate of drug-likeness (QED) is 0.433. The zero-order valence-corrected chi connectivity index (χ0v) is 20.2. The van der Waals surface area contributed by atoms with E-state index in [2.05, 4.69) is 4.90 Å². The normalized spacial score (nSPS) is 18.3. The molecule has 8 nitrogen and oxygen atoms in total. The Labute approximate surface area is 209 Å². The lowest BCUT2D eigenvalue weighted by molar-refractivity contribution is -0.386. The summed E-state index contributed by atoms with van der Waals surface area (Å²) in [6, 6.07) is 12.8. The first kappa shape index (κ1) is 23.8. The number of Topliss-reactive ketones (excluding diaryl/α,β-unsaturated/α-hetero) is 2. The number of nitro groups is 1. The van der Waals surface area contributed by atoms with Gasteiger partial charge in [0.05, 0.1) is 11.5 Å². The van der Waals surface area contributed by atoms with Gasteiger partial charge in [-0.15, -0.1) is 0 Å². The maximum absolute atomic E-state index is 13.5. The second-order valence-electron chi connectivity index (χ2n) is 9.36. The van der Waals surface area contributed by atoms with Crippen LogP contribution in [0.2, 0.25) is 0 Å². The summed E-state index contributed by atoms with van der Waals surface area (Å²) in [7, 11) is 0. The molecular weight excluding hydrogens is 460 g/mol. The summed E-state index contributed by atoms with van der Waals surface area (Å²) in [5, 5.41) is 22.2. The lowest BCUT2D eigenvalue weighted by atomic mass is 9.70. The fraction of sp³-hybridized carbons (Fsp3) is 0.357. The number of nitrogens with zero attached hydrogens (tertiary/aromatic N) is 2. The van der Waals surface area contributed by atoms with Crippen LogP contribution in [0.5, 0.6) is 11.5 Å². The van der Waals surface area contributed by atoms with Crippen LogP contribution in [0.4, 0.5) is 5.69 Å². The van der Waals surface area contributed by atoms with Crippen molar-refractivity contribution in [1.29, 1.82) is 0 Å². The van der Waals surface area contributed by atoms with Crippen molar-refractivity contribution in [3.05, 3.63) is 86.2 Å². The third-order valence-electron chi connectivity index (χ3n) is 7.18. The van der Waals surface area contributed by atoms with Crippen molar-refractivity contribution < 1.29 is 24.4 Å². The Bertz CT molecular complexity index is 1270. The first-order valence-corrected chi connectivity index (χ1v) is 12.4. The van der Waals surface area contributed by atoms with Crippen molar-refractivity contribution >= 4 is 17.3 Å². The van der Waals surface area contributed by atoms with E-state index in [-0.39, 0.29) is 23.9 Å². The van der Waals surface area contributed by atoms with Gasteiger partial charge in [0.1, 0.15) is 0 Å². The van der Waals surface area contributed by atoms with E-state index in [1.807, 2.05) is 30.3 Å². The number of ether oxygens (including phenoxy) is 1. The molecule has 0 unspecified atom stereocenters. The number of hydrogen-bond acceptors (Lipinski definition) is 7. The van der Waals surface area contributed by atoms with Crippen LogP contribution >= 0.6 is 0 Å². The second-order valence-corrected chi connectivity index (χ2v) is 9.36. The molecular formula is C28H28N2O6. The second kappa shape index (κ2) is 9.60. The van der Waals surface area contributed by atoms with E-state index in [0.717, 1.165) is 17.0 Å². The number of phenols is 1. The molecule has 186 valence electrons. The summed E-state index contributed by atoms with van der Waals surface area (Å²) >= 11 is 0. The molecule has 2 aromatic rings. The average Bonchev–Trinajstić information content (AvgIpc) is 2.87. The molecule has 0 amide bonds. The van der Waals surface area contributed by atoms with Crippen LogP contribution in [-0.4, -0.2) is 33.1 Å². The zero-order valence-electron chi connectivity index (χ0n) is 20.2. The molecule has 8 heteroatoms. The van der Waals surface area contributed by atoms with Crippen LogP contribution < -0.4 is 4.74 Å². The molecule has 0 atom stereocenters. The van der Waals surface area contributed by atoms with Crippen LogP contribution in [0.1, 0.15) is 62.5 Å². The smallest absolute Gasteiger partial charge is 0.314 e. The third kappa shape index (κ3) is 4.06. The van der Waals surface area contributed by atoms with Gasteiger partial charge >= 0.3 is 5.69 Å². The molecule has 1 N–H and O–H groups in total. The molecule has 1 heterocycles. The average molecular weight is 489 g/mol. The lowest BCUT2D eigenvalue weighted by Gasteiger charge is -2.44. The van der Waals surface area contributed by atoms with Crippen LogP contribution in [0, 0.1) is 10.1 Å². The highest BCUT2D eigenvalue weighted by Crippen LogP contribution is 2.51. The first-order chi connectivity index (χ1) is 17.4. The van der Waals surface area contributed by atoms with Crippen LogP contribution in [-0.2, 0) is 16.1 Å². The Balaban J connectivity index is 1.74. The summed E-state index contributed by atoms with van der Waals surface area (Å²) < 4.78 is 5.52. The van der Waals surface area contributed by atoms with Gasteiger partial charge in [-0.25, -0.2) is 0 Å². The van der Waals surface area contributed by atoms with Crippen LogP contribution in [0.25, 0.3) is 0 Å². The maximum Gasteiger partial charge on any atom is 0.314 e. The van der Waals surface area contributed by atoms with Gasteiger partial charge in [0, 0.05) is 53.9 Å². The molecule has 1 aliphatic heterocycles. The molecule has 0 saturated carbocycles. The van der Waals surface area contributed by atoms with Crippen molar-refractivity contribution in [3.63, 3.8) is 0 Å². The molecule has 3 aliphatic rings. The molecule has 0 bridgehead atoms. The molecule has 0 fully saturated rings. The molecule has 5 rings (SSSR count). The molecule has 0 aromatic heterocycles. The van der Waals surface area contributed by atoms with Crippen molar-refractivity contribution in [2.24, 2.45) is 0 Å². The Kier molecular flexibility index (Phi) is 6.35. The van der Waals surface area contributed by atoms with Crippen LogP contribution in [0.3, 0.4) is 0 Å². The summed E-state index contributed by atoms with van der Waals surface area (Å²) in [4.78, 5) is 40.2. The predicted molar refractivity (Wildman–Crippen MR) is 132 cm³/mol. The monoisotopic (exact) mass is 488 g/mol. The number of allylic oxidation sites excluding steroid dienone is 4. The van der Waals surface area contributed by atoms with E-state index >= 15 is 0 Å². The topological polar surface area (TPSA) is 110 Å². The summed E-state index contributed by atoms with van der Waals surface area (Å²) in [6.45, 7) is 2.46. The van der Waals surface area contributed by atoms with Gasteiger partial charge in [0.25, 0.3) is 0 Å². The molecule has 2 aromatic carbocycles. The van der Waals surface area contributed by atoms with Crippen molar-refractivity contribution in [1.82, 2.24) is 4.90 Å². The molecule has 0 radical (unpaired) electrons. The molecule has 36 heavy (non-hydrogen) atoms. The standard InChI is InChI=1S/C28H28N2O6/c1-2-36-24-15-18(14-21(28(24)33)30(34)35)25-26-19(10-6-12-22(26)31)29(16-17-8-4-3-5-9-17)20-11-7-13-23(32)27(20)25/h3-5,8-9,14-15,25,33H,2,6-7,10-13,16H2,1H3. The van der Waals surface area contributed by atoms with E-state index in [4.69, 9.17) is 4.74 Å². The number of carbonyl (C=O) groups is 2. The molecule has 2 aliphatic carbocycles. The number of hydrogen-bond donors (Lipinski definition) is 1. The SMILES string of the molecule is CCOc1cc(C2C3=C(CCCC3=O)N(Cc3ccccc3)C3=C2C(=O)CCC3)cc([N+](=O)[O-])c1O. The minimum absolute atomic E-state index is 0.0239. The van der Waals surface area contributed by atoms with E-state index in [9.17, 15) is 24.8 Å². The minimum Gasteiger partial charge on any atom is -0.500 e. The third-order valence-corrected chi connectivity index (χ3v) is 7.18. The highest BCUT2D eigenvalue weighted by Gasteiger charge is 2.44. The number of rotatable bonds is 6. The lowest BCUT2D eigenvalue weighted by Crippen LogP contribution is -2.38. The summed E-state index contributed by atoms with van der Waals surface area (Å²) in [6.07, 6.45) is 3.54. The van der Waals surface area contributed by atoms with Crippen molar-refractivity contribution in [3.8, 4) is 11.5 Å². The molecule has 0 spiro atoms. The van der Waals surface area contributed by atoms with E-state index < -0.39 is 22.3 Å². The number of aromatic hydroxyl groups is 1. The molecule has 0 saturated heterocycles. The van der Waals surface area contributed by atoms with Crippen LogP contribution in [0.15, 0.2) is 65.0 Å². The van der Waals surface area contributed by atoms with Gasteiger partial charge in [-0.2, -0.15) is 0 Å². The summed E-state index contributed by atoms with van der Waals surface area (Å²) in [5.74, 6) is -1.39. The number of phenolic OH excluding ortho intramolecular Hbond substituents is 1. The van der Waals surface area contributed by atoms with Gasteiger partial charge in [0.2, 0.25) is 5.75 Å². The number of nitro benzene ring substituents is 1. The van der Waals surface area contributed by atoms with Gasteiger partial charge < -0.3 is 14.7 Å². The largest absolute Gasteiger partial charge is 0.500 e. The van der Waals surface area contributed by atoms with Crippen molar-refractivity contribution in [2.75, 3.05) is 6.61 Å².